The van der Waals surface area contributed by atoms with Gasteiger partial charge in [-0.1, -0.05) is 23.7 Å². The van der Waals surface area contributed by atoms with E-state index in [1.165, 1.54) is 5.56 Å². The molecule has 3 N–H and O–H groups in total. The molecule has 0 spiro atoms. The molecule has 6 nitrogen and oxygen atoms in total. The quantitative estimate of drug-likeness (QED) is 0.296. The van der Waals surface area contributed by atoms with Gasteiger partial charge in [0, 0.05) is 30.7 Å². The van der Waals surface area contributed by atoms with Gasteiger partial charge in [0.2, 0.25) is 0 Å². The number of nitrogens with zero attached hydrogens (tertiary/aromatic N) is 2. The summed E-state index contributed by atoms with van der Waals surface area (Å²) in [5.41, 5.74) is 1.23. The molecule has 1 atom stereocenters. The Morgan fingerprint density at radius 3 is 2.48 bits per heavy atom. The first-order valence-electron chi connectivity index (χ1n) is 10.5. The van der Waals surface area contributed by atoms with Crippen LogP contribution in [0.1, 0.15) is 44.2 Å². The Kier molecular flexibility index (Phi) is 11.0. The van der Waals surface area contributed by atoms with Crippen molar-refractivity contribution < 1.29 is 9.84 Å². The van der Waals surface area contributed by atoms with Crippen molar-refractivity contribution in [3.05, 3.63) is 34.9 Å². The maximum absolute atomic E-state index is 9.73. The molecule has 0 amide bonds. The van der Waals surface area contributed by atoms with E-state index in [9.17, 15) is 5.11 Å². The third kappa shape index (κ3) is 7.86. The van der Waals surface area contributed by atoms with Crippen molar-refractivity contribution in [2.75, 3.05) is 39.4 Å². The van der Waals surface area contributed by atoms with Crippen molar-refractivity contribution in [1.82, 2.24) is 15.5 Å². The van der Waals surface area contributed by atoms with Gasteiger partial charge in [0.1, 0.15) is 0 Å². The summed E-state index contributed by atoms with van der Waals surface area (Å²) in [6, 6.07) is 8.67. The van der Waals surface area contributed by atoms with Gasteiger partial charge in [0.25, 0.3) is 0 Å². The van der Waals surface area contributed by atoms with Crippen LogP contribution in [0.25, 0.3) is 0 Å². The number of benzene rings is 1. The number of hydrogen-bond acceptors (Lipinski definition) is 4. The van der Waals surface area contributed by atoms with Gasteiger partial charge in [-0.05, 0) is 50.3 Å². The number of nitrogens with one attached hydrogen (secondary N) is 2. The topological polar surface area (TPSA) is 69.1 Å². The highest BCUT2D eigenvalue weighted by molar-refractivity contribution is 14.0. The lowest BCUT2D eigenvalue weighted by atomic mass is 9.93. The van der Waals surface area contributed by atoms with Crippen LogP contribution in [0.4, 0.5) is 0 Å². The SMILES string of the molecule is CCNC(=NCC(c1ccc(Cl)cc1)N1CCOCC1)NC1CCC(O)CC1.I. The maximum Gasteiger partial charge on any atom is 0.191 e. The normalized spacial score (nSPS) is 24.4. The molecule has 1 saturated carbocycles. The Morgan fingerprint density at radius 2 is 1.86 bits per heavy atom. The average Bonchev–Trinajstić information content (AvgIpc) is 2.72. The molecule has 0 aromatic heterocycles. The van der Waals surface area contributed by atoms with E-state index in [1.807, 2.05) is 12.1 Å². The lowest BCUT2D eigenvalue weighted by molar-refractivity contribution is 0.0179. The van der Waals surface area contributed by atoms with Crippen LogP contribution in [0.3, 0.4) is 0 Å². The fourth-order valence-corrected chi connectivity index (χ4v) is 4.04. The second kappa shape index (κ2) is 12.9. The molecule has 8 heteroatoms. The molecule has 1 aliphatic carbocycles. The summed E-state index contributed by atoms with van der Waals surface area (Å²) >= 11 is 6.09. The molecule has 2 fully saturated rings. The van der Waals surface area contributed by atoms with E-state index in [0.717, 1.165) is 69.5 Å². The lowest BCUT2D eigenvalue weighted by Gasteiger charge is -2.34. The van der Waals surface area contributed by atoms with Crippen LogP contribution >= 0.6 is 35.6 Å². The van der Waals surface area contributed by atoms with Crippen LogP contribution in [0.5, 0.6) is 0 Å². The van der Waals surface area contributed by atoms with Gasteiger partial charge in [0.15, 0.2) is 5.96 Å². The Balaban J connectivity index is 0.00000300. The first-order chi connectivity index (χ1) is 13.7. The van der Waals surface area contributed by atoms with Crippen LogP contribution in [0.15, 0.2) is 29.3 Å². The van der Waals surface area contributed by atoms with Crippen molar-refractivity contribution in [3.63, 3.8) is 0 Å². The van der Waals surface area contributed by atoms with E-state index in [2.05, 4.69) is 34.6 Å². The Bertz CT molecular complexity index is 618. The van der Waals surface area contributed by atoms with Crippen molar-refractivity contribution in [3.8, 4) is 0 Å². The summed E-state index contributed by atoms with van der Waals surface area (Å²) in [6.07, 6.45) is 3.54. The predicted molar refractivity (Wildman–Crippen MR) is 129 cm³/mol. The van der Waals surface area contributed by atoms with Crippen LogP contribution in [-0.4, -0.2) is 67.5 Å². The molecule has 164 valence electrons. The number of aliphatic imine (C=N–C) groups is 1. The number of aliphatic hydroxyl groups is 1. The molecule has 3 rings (SSSR count). The van der Waals surface area contributed by atoms with Gasteiger partial charge in [0.05, 0.1) is 31.9 Å². The monoisotopic (exact) mass is 536 g/mol. The molecular formula is C21H34ClIN4O2. The van der Waals surface area contributed by atoms with E-state index in [0.29, 0.717) is 12.6 Å². The molecule has 29 heavy (non-hydrogen) atoms. The van der Waals surface area contributed by atoms with Gasteiger partial charge in [-0.3, -0.25) is 9.89 Å². The van der Waals surface area contributed by atoms with E-state index in [4.69, 9.17) is 21.3 Å². The third-order valence-electron chi connectivity index (χ3n) is 5.55. The molecule has 1 heterocycles. The first-order valence-corrected chi connectivity index (χ1v) is 10.8. The molecular weight excluding hydrogens is 503 g/mol. The van der Waals surface area contributed by atoms with Gasteiger partial charge < -0.3 is 20.5 Å². The zero-order valence-corrected chi connectivity index (χ0v) is 20.2. The Labute approximate surface area is 196 Å². The molecule has 1 aromatic rings. The zero-order valence-electron chi connectivity index (χ0n) is 17.1. The smallest absolute Gasteiger partial charge is 0.191 e. The van der Waals surface area contributed by atoms with E-state index in [-0.39, 0.29) is 36.1 Å². The minimum atomic E-state index is -0.145. The van der Waals surface area contributed by atoms with Crippen LogP contribution < -0.4 is 10.6 Å². The van der Waals surface area contributed by atoms with Gasteiger partial charge in [-0.2, -0.15) is 0 Å². The van der Waals surface area contributed by atoms with Gasteiger partial charge in [-0.25, -0.2) is 0 Å². The van der Waals surface area contributed by atoms with E-state index >= 15 is 0 Å². The lowest BCUT2D eigenvalue weighted by Crippen LogP contribution is -2.46. The molecule has 0 radical (unpaired) electrons. The molecule has 1 saturated heterocycles. The number of aliphatic hydroxyl groups excluding tert-OH is 1. The number of hydrogen-bond donors (Lipinski definition) is 3. The second-order valence-corrected chi connectivity index (χ2v) is 8.02. The maximum atomic E-state index is 9.73. The van der Waals surface area contributed by atoms with Gasteiger partial charge >= 0.3 is 0 Å². The standard InChI is InChI=1S/C21H33ClN4O2.HI/c1-2-23-21(25-18-7-9-19(27)10-8-18)24-15-20(26-11-13-28-14-12-26)16-3-5-17(22)6-4-16;/h3-6,18-20,27H,2,7-15H2,1H3,(H2,23,24,25);1H. The zero-order chi connectivity index (χ0) is 19.8. The van der Waals surface area contributed by atoms with Crippen molar-refractivity contribution in [1.29, 1.82) is 0 Å². The summed E-state index contributed by atoms with van der Waals surface area (Å²) in [7, 11) is 0. The minimum absolute atomic E-state index is 0. The fraction of sp³-hybridized carbons (Fsp3) is 0.667. The molecule has 2 aliphatic rings. The number of morpholine rings is 1. The van der Waals surface area contributed by atoms with Crippen molar-refractivity contribution in [2.45, 2.75) is 50.8 Å². The fourth-order valence-electron chi connectivity index (χ4n) is 3.92. The third-order valence-corrected chi connectivity index (χ3v) is 5.80. The highest BCUT2D eigenvalue weighted by Crippen LogP contribution is 2.24. The van der Waals surface area contributed by atoms with Crippen LogP contribution in [0.2, 0.25) is 5.02 Å². The van der Waals surface area contributed by atoms with E-state index in [1.54, 1.807) is 0 Å². The summed E-state index contributed by atoms with van der Waals surface area (Å²) in [6.45, 7) is 6.92. The van der Waals surface area contributed by atoms with E-state index < -0.39 is 0 Å². The average molecular weight is 537 g/mol. The predicted octanol–water partition coefficient (Wildman–Crippen LogP) is 3.19. The largest absolute Gasteiger partial charge is 0.393 e. The van der Waals surface area contributed by atoms with Crippen LogP contribution in [0, 0.1) is 0 Å². The molecule has 1 aromatic carbocycles. The number of ether oxygens (including phenoxy) is 1. The summed E-state index contributed by atoms with van der Waals surface area (Å²) in [4.78, 5) is 7.36. The van der Waals surface area contributed by atoms with Gasteiger partial charge in [-0.15, -0.1) is 24.0 Å². The highest BCUT2D eigenvalue weighted by Gasteiger charge is 2.24. The first kappa shape index (κ1) is 24.7. The summed E-state index contributed by atoms with van der Waals surface area (Å²) in [5, 5.41) is 17.4. The highest BCUT2D eigenvalue weighted by atomic mass is 127. The van der Waals surface area contributed by atoms with Crippen molar-refractivity contribution in [2.24, 2.45) is 4.99 Å². The van der Waals surface area contributed by atoms with Crippen LogP contribution in [-0.2, 0) is 4.74 Å². The molecule has 1 aliphatic heterocycles. The number of halogens is 2. The van der Waals surface area contributed by atoms with Crippen molar-refractivity contribution >= 4 is 41.5 Å². The number of guanidine groups is 1. The number of rotatable bonds is 6. The molecule has 0 bridgehead atoms. The Hall–Kier alpha value is -0.610. The molecule has 1 unspecified atom stereocenters. The minimum Gasteiger partial charge on any atom is -0.393 e. The second-order valence-electron chi connectivity index (χ2n) is 7.59. The Morgan fingerprint density at radius 1 is 1.21 bits per heavy atom. The summed E-state index contributed by atoms with van der Waals surface area (Å²) < 4.78 is 5.53. The summed E-state index contributed by atoms with van der Waals surface area (Å²) in [5.74, 6) is 0.858.